The molecule has 1 saturated carbocycles. The van der Waals surface area contributed by atoms with E-state index in [2.05, 4.69) is 11.4 Å². The standard InChI is InChI=1S/C11H16N2OS/c12-11(5-2-6-11)10(14)13-7-4-9-3-1-8-15-9/h1,3,8H,2,4-7,12H2,(H,13,14). The van der Waals surface area contributed by atoms with Crippen molar-refractivity contribution in [3.63, 3.8) is 0 Å². The second-order valence-electron chi connectivity index (χ2n) is 4.09. The SMILES string of the molecule is NC1(C(=O)NCCc2cccs2)CCC1. The van der Waals surface area contributed by atoms with Crippen molar-refractivity contribution in [2.75, 3.05) is 6.54 Å². The molecule has 0 unspecified atom stereocenters. The molecule has 1 aliphatic rings. The van der Waals surface area contributed by atoms with E-state index in [1.807, 2.05) is 11.4 Å². The van der Waals surface area contributed by atoms with Crippen LogP contribution in [0.25, 0.3) is 0 Å². The average molecular weight is 224 g/mol. The molecule has 1 amide bonds. The molecule has 3 nitrogen and oxygen atoms in total. The Kier molecular flexibility index (Phi) is 3.07. The van der Waals surface area contributed by atoms with Gasteiger partial charge in [-0.3, -0.25) is 4.79 Å². The lowest BCUT2D eigenvalue weighted by atomic mass is 9.77. The van der Waals surface area contributed by atoms with Gasteiger partial charge in [0.15, 0.2) is 0 Å². The molecule has 1 aliphatic carbocycles. The van der Waals surface area contributed by atoms with Crippen LogP contribution < -0.4 is 11.1 Å². The van der Waals surface area contributed by atoms with Gasteiger partial charge in [0.05, 0.1) is 5.54 Å². The van der Waals surface area contributed by atoms with Crippen LogP contribution in [0.5, 0.6) is 0 Å². The van der Waals surface area contributed by atoms with Crippen molar-refractivity contribution >= 4 is 17.2 Å². The van der Waals surface area contributed by atoms with E-state index in [0.29, 0.717) is 6.54 Å². The number of rotatable bonds is 4. The van der Waals surface area contributed by atoms with Crippen LogP contribution in [-0.2, 0) is 11.2 Å². The highest BCUT2D eigenvalue weighted by atomic mass is 32.1. The van der Waals surface area contributed by atoms with Crippen molar-refractivity contribution in [3.8, 4) is 0 Å². The molecule has 2 rings (SSSR count). The van der Waals surface area contributed by atoms with Gasteiger partial charge in [-0.15, -0.1) is 11.3 Å². The molecular weight excluding hydrogens is 208 g/mol. The summed E-state index contributed by atoms with van der Waals surface area (Å²) in [6.45, 7) is 0.693. The zero-order valence-electron chi connectivity index (χ0n) is 8.66. The molecule has 1 aromatic heterocycles. The van der Waals surface area contributed by atoms with Gasteiger partial charge in [-0.25, -0.2) is 0 Å². The summed E-state index contributed by atoms with van der Waals surface area (Å²) in [5, 5.41) is 4.96. The average Bonchev–Trinajstić information content (AvgIpc) is 2.66. The lowest BCUT2D eigenvalue weighted by molar-refractivity contribution is -0.129. The first-order valence-electron chi connectivity index (χ1n) is 5.30. The Balaban J connectivity index is 1.72. The number of amides is 1. The van der Waals surface area contributed by atoms with E-state index in [1.165, 1.54) is 4.88 Å². The molecule has 3 N–H and O–H groups in total. The largest absolute Gasteiger partial charge is 0.354 e. The maximum Gasteiger partial charge on any atom is 0.240 e. The number of carbonyl (C=O) groups excluding carboxylic acids is 1. The van der Waals surface area contributed by atoms with Gasteiger partial charge in [0.25, 0.3) is 0 Å². The Morgan fingerprint density at radius 1 is 1.60 bits per heavy atom. The molecule has 0 spiro atoms. The van der Waals surface area contributed by atoms with E-state index in [1.54, 1.807) is 11.3 Å². The van der Waals surface area contributed by atoms with Crippen molar-refractivity contribution in [1.29, 1.82) is 0 Å². The summed E-state index contributed by atoms with van der Waals surface area (Å²) in [4.78, 5) is 12.9. The van der Waals surface area contributed by atoms with Gasteiger partial charge in [0.1, 0.15) is 0 Å². The van der Waals surface area contributed by atoms with Gasteiger partial charge in [-0.1, -0.05) is 6.07 Å². The van der Waals surface area contributed by atoms with Gasteiger partial charge in [-0.2, -0.15) is 0 Å². The summed E-state index contributed by atoms with van der Waals surface area (Å²) < 4.78 is 0. The molecule has 0 atom stereocenters. The van der Waals surface area contributed by atoms with Crippen LogP contribution in [0.1, 0.15) is 24.1 Å². The molecule has 1 heterocycles. The zero-order valence-corrected chi connectivity index (χ0v) is 9.48. The van der Waals surface area contributed by atoms with E-state index >= 15 is 0 Å². The number of hydrogen-bond acceptors (Lipinski definition) is 3. The third kappa shape index (κ3) is 2.38. The fourth-order valence-corrected chi connectivity index (χ4v) is 2.42. The summed E-state index contributed by atoms with van der Waals surface area (Å²) >= 11 is 1.72. The molecule has 0 saturated heterocycles. The molecule has 1 aromatic rings. The third-order valence-electron chi connectivity index (χ3n) is 2.94. The highest BCUT2D eigenvalue weighted by Gasteiger charge is 2.39. The van der Waals surface area contributed by atoms with Gasteiger partial charge < -0.3 is 11.1 Å². The zero-order chi connectivity index (χ0) is 10.7. The fourth-order valence-electron chi connectivity index (χ4n) is 1.71. The lowest BCUT2D eigenvalue weighted by Gasteiger charge is -2.36. The lowest BCUT2D eigenvalue weighted by Crippen LogP contribution is -2.58. The van der Waals surface area contributed by atoms with Crippen molar-refractivity contribution in [2.45, 2.75) is 31.2 Å². The quantitative estimate of drug-likeness (QED) is 0.809. The first-order valence-corrected chi connectivity index (χ1v) is 6.18. The second-order valence-corrected chi connectivity index (χ2v) is 5.13. The molecule has 15 heavy (non-hydrogen) atoms. The van der Waals surface area contributed by atoms with Crippen LogP contribution in [0.4, 0.5) is 0 Å². The molecule has 1 fully saturated rings. The fraction of sp³-hybridized carbons (Fsp3) is 0.545. The Morgan fingerprint density at radius 2 is 2.40 bits per heavy atom. The molecule has 0 aromatic carbocycles. The van der Waals surface area contributed by atoms with E-state index in [4.69, 9.17) is 5.73 Å². The Labute approximate surface area is 93.7 Å². The monoisotopic (exact) mass is 224 g/mol. The maximum absolute atomic E-state index is 11.6. The van der Waals surface area contributed by atoms with Crippen molar-refractivity contribution in [1.82, 2.24) is 5.32 Å². The van der Waals surface area contributed by atoms with Crippen LogP contribution in [-0.4, -0.2) is 18.0 Å². The molecule has 0 radical (unpaired) electrons. The third-order valence-corrected chi connectivity index (χ3v) is 3.87. The summed E-state index contributed by atoms with van der Waals surface area (Å²) in [6, 6.07) is 4.11. The van der Waals surface area contributed by atoms with Crippen LogP contribution in [0.3, 0.4) is 0 Å². The number of thiophene rings is 1. The highest BCUT2D eigenvalue weighted by Crippen LogP contribution is 2.28. The second kappa shape index (κ2) is 4.33. The minimum atomic E-state index is -0.560. The summed E-state index contributed by atoms with van der Waals surface area (Å²) in [5.41, 5.74) is 5.34. The number of hydrogen-bond donors (Lipinski definition) is 2. The predicted octanol–water partition coefficient (Wildman–Crippen LogP) is 1.29. The van der Waals surface area contributed by atoms with E-state index < -0.39 is 5.54 Å². The Bertz CT molecular complexity index is 330. The van der Waals surface area contributed by atoms with Crippen molar-refractivity contribution in [2.24, 2.45) is 5.73 Å². The maximum atomic E-state index is 11.6. The van der Waals surface area contributed by atoms with Crippen LogP contribution in [0.15, 0.2) is 17.5 Å². The van der Waals surface area contributed by atoms with Crippen LogP contribution >= 0.6 is 11.3 Å². The van der Waals surface area contributed by atoms with E-state index in [0.717, 1.165) is 25.7 Å². The first-order chi connectivity index (χ1) is 7.21. The van der Waals surface area contributed by atoms with E-state index in [-0.39, 0.29) is 5.91 Å². The smallest absolute Gasteiger partial charge is 0.240 e. The number of nitrogens with two attached hydrogens (primary N) is 1. The number of nitrogens with one attached hydrogen (secondary N) is 1. The van der Waals surface area contributed by atoms with Crippen molar-refractivity contribution < 1.29 is 4.79 Å². The van der Waals surface area contributed by atoms with Crippen molar-refractivity contribution in [3.05, 3.63) is 22.4 Å². The topological polar surface area (TPSA) is 55.1 Å². The minimum absolute atomic E-state index is 0.0188. The van der Waals surface area contributed by atoms with Gasteiger partial charge in [-0.05, 0) is 37.1 Å². The first kappa shape index (κ1) is 10.6. The molecule has 0 bridgehead atoms. The molecule has 82 valence electrons. The summed E-state index contributed by atoms with van der Waals surface area (Å²) in [6.07, 6.45) is 3.64. The van der Waals surface area contributed by atoms with Gasteiger partial charge in [0.2, 0.25) is 5.91 Å². The predicted molar refractivity (Wildman–Crippen MR) is 61.8 cm³/mol. The normalized spacial score (nSPS) is 18.2. The highest BCUT2D eigenvalue weighted by molar-refractivity contribution is 7.09. The molecule has 0 aliphatic heterocycles. The van der Waals surface area contributed by atoms with E-state index in [9.17, 15) is 4.79 Å². The summed E-state index contributed by atoms with van der Waals surface area (Å²) in [7, 11) is 0. The van der Waals surface area contributed by atoms with Crippen LogP contribution in [0, 0.1) is 0 Å². The Morgan fingerprint density at radius 3 is 2.93 bits per heavy atom. The van der Waals surface area contributed by atoms with Gasteiger partial charge in [0, 0.05) is 11.4 Å². The Hall–Kier alpha value is -0.870. The summed E-state index contributed by atoms with van der Waals surface area (Å²) in [5.74, 6) is 0.0188. The minimum Gasteiger partial charge on any atom is -0.354 e. The van der Waals surface area contributed by atoms with Gasteiger partial charge >= 0.3 is 0 Å². The number of carbonyl (C=O) groups is 1. The van der Waals surface area contributed by atoms with Crippen LogP contribution in [0.2, 0.25) is 0 Å². The molecular formula is C11H16N2OS. The molecule has 4 heteroatoms.